The van der Waals surface area contributed by atoms with Crippen LogP contribution >= 0.6 is 0 Å². The zero-order valence-corrected chi connectivity index (χ0v) is 15.0. The summed E-state index contributed by atoms with van der Waals surface area (Å²) in [7, 11) is 0. The number of hydrogen-bond donors (Lipinski definition) is 1. The van der Waals surface area contributed by atoms with Gasteiger partial charge in [0.1, 0.15) is 0 Å². The van der Waals surface area contributed by atoms with Gasteiger partial charge in [0.2, 0.25) is 0 Å². The minimum atomic E-state index is -0.682. The quantitative estimate of drug-likeness (QED) is 0.509. The second-order valence-electron chi connectivity index (χ2n) is 7.14. The lowest BCUT2D eigenvalue weighted by molar-refractivity contribution is -0.384. The van der Waals surface area contributed by atoms with Crippen LogP contribution in [0.2, 0.25) is 0 Å². The highest BCUT2D eigenvalue weighted by Gasteiger charge is 2.42. The molecule has 0 aromatic heterocycles. The summed E-state index contributed by atoms with van der Waals surface area (Å²) in [4.78, 5) is 49.0. The largest absolute Gasteiger partial charge is 0.322 e. The Kier molecular flexibility index (Phi) is 4.27. The van der Waals surface area contributed by atoms with Crippen LogP contribution in [0.25, 0.3) is 0 Å². The molecule has 0 bridgehead atoms. The normalized spacial score (nSPS) is 13.5. The number of anilines is 1. The number of nitro benzene ring substituents is 1. The molecule has 0 atom stereocenters. The second-order valence-corrected chi connectivity index (χ2v) is 7.14. The lowest BCUT2D eigenvalue weighted by Crippen LogP contribution is -2.45. The maximum Gasteiger partial charge on any atom is 0.271 e. The number of nitrogens with zero attached hydrogens (tertiary/aromatic N) is 2. The van der Waals surface area contributed by atoms with Crippen molar-refractivity contribution in [1.82, 2.24) is 4.90 Å². The Hall–Kier alpha value is -3.55. The molecule has 1 aliphatic rings. The van der Waals surface area contributed by atoms with Crippen molar-refractivity contribution in [3.63, 3.8) is 0 Å². The molecule has 0 spiro atoms. The van der Waals surface area contributed by atoms with E-state index in [1.54, 1.807) is 20.8 Å². The van der Waals surface area contributed by atoms with Gasteiger partial charge in [-0.15, -0.1) is 0 Å². The molecule has 0 saturated carbocycles. The van der Waals surface area contributed by atoms with Crippen molar-refractivity contribution in [3.8, 4) is 0 Å². The van der Waals surface area contributed by atoms with Gasteiger partial charge in [0.05, 0.1) is 16.1 Å². The molecule has 0 fully saturated rings. The first-order valence-corrected chi connectivity index (χ1v) is 8.18. The first kappa shape index (κ1) is 18.2. The third-order valence-electron chi connectivity index (χ3n) is 4.13. The molecule has 0 radical (unpaired) electrons. The molecule has 3 rings (SSSR count). The highest BCUT2D eigenvalue weighted by molar-refractivity contribution is 6.22. The van der Waals surface area contributed by atoms with Crippen molar-refractivity contribution in [3.05, 3.63) is 69.3 Å². The monoisotopic (exact) mass is 367 g/mol. The summed E-state index contributed by atoms with van der Waals surface area (Å²) >= 11 is 0. The molecule has 138 valence electrons. The number of non-ortho nitro benzene ring substituents is 1. The molecule has 1 aliphatic heterocycles. The third kappa shape index (κ3) is 3.29. The number of carbonyl (C=O) groups is 3. The molecule has 0 aliphatic carbocycles. The zero-order valence-electron chi connectivity index (χ0n) is 15.0. The van der Waals surface area contributed by atoms with Crippen LogP contribution in [-0.2, 0) is 0 Å². The molecule has 3 amide bonds. The maximum atomic E-state index is 12.6. The van der Waals surface area contributed by atoms with E-state index in [0.717, 1.165) is 0 Å². The van der Waals surface area contributed by atoms with Gasteiger partial charge in [-0.05, 0) is 45.0 Å². The van der Waals surface area contributed by atoms with Crippen LogP contribution in [0.1, 0.15) is 51.8 Å². The highest BCUT2D eigenvalue weighted by atomic mass is 16.6. The summed E-state index contributed by atoms with van der Waals surface area (Å²) in [6.07, 6.45) is 0. The van der Waals surface area contributed by atoms with Crippen molar-refractivity contribution in [2.45, 2.75) is 26.3 Å². The van der Waals surface area contributed by atoms with E-state index >= 15 is 0 Å². The lowest BCUT2D eigenvalue weighted by atomic mass is 10.1. The van der Waals surface area contributed by atoms with Gasteiger partial charge in [-0.2, -0.15) is 0 Å². The van der Waals surface area contributed by atoms with Gasteiger partial charge in [-0.3, -0.25) is 29.4 Å². The van der Waals surface area contributed by atoms with Crippen LogP contribution in [0.5, 0.6) is 0 Å². The molecule has 0 unspecified atom stereocenters. The second kappa shape index (κ2) is 6.31. The van der Waals surface area contributed by atoms with E-state index in [4.69, 9.17) is 0 Å². The maximum absolute atomic E-state index is 12.6. The van der Waals surface area contributed by atoms with E-state index in [1.165, 1.54) is 47.4 Å². The summed E-state index contributed by atoms with van der Waals surface area (Å²) in [6.45, 7) is 5.26. The Bertz CT molecular complexity index is 991. The predicted octanol–water partition coefficient (Wildman–Crippen LogP) is 3.24. The van der Waals surface area contributed by atoms with Crippen LogP contribution in [0.15, 0.2) is 42.5 Å². The van der Waals surface area contributed by atoms with Crippen molar-refractivity contribution < 1.29 is 19.3 Å². The van der Waals surface area contributed by atoms with Gasteiger partial charge in [0.15, 0.2) is 0 Å². The van der Waals surface area contributed by atoms with E-state index < -0.39 is 28.2 Å². The molecule has 0 saturated heterocycles. The lowest BCUT2D eigenvalue weighted by Gasteiger charge is -2.29. The molecule has 2 aromatic carbocycles. The van der Waals surface area contributed by atoms with Crippen molar-refractivity contribution in [1.29, 1.82) is 0 Å². The Morgan fingerprint density at radius 2 is 1.70 bits per heavy atom. The summed E-state index contributed by atoms with van der Waals surface area (Å²) in [5.41, 5.74) is 0.0239. The number of carbonyl (C=O) groups excluding carboxylic acids is 3. The SMILES string of the molecule is CC(C)(C)N1C(=O)c2ccc(C(=O)Nc3cccc([N+](=O)[O-])c3)cc2C1=O. The Morgan fingerprint density at radius 1 is 1.04 bits per heavy atom. The van der Waals surface area contributed by atoms with Crippen molar-refractivity contribution >= 4 is 29.1 Å². The van der Waals surface area contributed by atoms with Crippen LogP contribution in [-0.4, -0.2) is 33.1 Å². The number of imide groups is 1. The van der Waals surface area contributed by atoms with Gasteiger partial charge in [-0.25, -0.2) is 0 Å². The number of fused-ring (bicyclic) bond motifs is 1. The molecule has 1 heterocycles. The molecule has 27 heavy (non-hydrogen) atoms. The number of nitrogens with one attached hydrogen (secondary N) is 1. The highest BCUT2D eigenvalue weighted by Crippen LogP contribution is 2.30. The van der Waals surface area contributed by atoms with Gasteiger partial charge >= 0.3 is 0 Å². The average molecular weight is 367 g/mol. The molecule has 8 nitrogen and oxygen atoms in total. The fraction of sp³-hybridized carbons (Fsp3) is 0.211. The molecule has 1 N–H and O–H groups in total. The molecule has 8 heteroatoms. The van der Waals surface area contributed by atoms with Crippen LogP contribution in [0, 0.1) is 10.1 Å². The van der Waals surface area contributed by atoms with E-state index in [1.807, 2.05) is 0 Å². The zero-order chi connectivity index (χ0) is 19.9. The fourth-order valence-electron chi connectivity index (χ4n) is 2.89. The van der Waals surface area contributed by atoms with E-state index in [2.05, 4.69) is 5.32 Å². The summed E-state index contributed by atoms with van der Waals surface area (Å²) in [5.74, 6) is -1.38. The van der Waals surface area contributed by atoms with Gasteiger partial charge in [0, 0.05) is 28.9 Å². The van der Waals surface area contributed by atoms with Crippen molar-refractivity contribution in [2.75, 3.05) is 5.32 Å². The first-order valence-electron chi connectivity index (χ1n) is 8.18. The van der Waals surface area contributed by atoms with E-state index in [-0.39, 0.29) is 28.1 Å². The van der Waals surface area contributed by atoms with Gasteiger partial charge in [0.25, 0.3) is 23.4 Å². The van der Waals surface area contributed by atoms with Gasteiger partial charge < -0.3 is 5.32 Å². The number of rotatable bonds is 3. The summed E-state index contributed by atoms with van der Waals surface area (Å²) < 4.78 is 0. The number of benzene rings is 2. The summed E-state index contributed by atoms with van der Waals surface area (Å²) in [6, 6.07) is 9.80. The molecule has 2 aromatic rings. The topological polar surface area (TPSA) is 110 Å². The number of amides is 3. The number of nitro groups is 1. The van der Waals surface area contributed by atoms with Crippen LogP contribution < -0.4 is 5.32 Å². The molecular weight excluding hydrogens is 350 g/mol. The average Bonchev–Trinajstić information content (AvgIpc) is 2.85. The van der Waals surface area contributed by atoms with E-state index in [0.29, 0.717) is 0 Å². The third-order valence-corrected chi connectivity index (χ3v) is 4.13. The smallest absolute Gasteiger partial charge is 0.271 e. The van der Waals surface area contributed by atoms with Crippen LogP contribution in [0.4, 0.5) is 11.4 Å². The Morgan fingerprint density at radius 3 is 2.33 bits per heavy atom. The van der Waals surface area contributed by atoms with Crippen LogP contribution in [0.3, 0.4) is 0 Å². The predicted molar refractivity (Wildman–Crippen MR) is 97.7 cm³/mol. The Balaban J connectivity index is 1.89. The van der Waals surface area contributed by atoms with Crippen molar-refractivity contribution in [2.24, 2.45) is 0 Å². The minimum absolute atomic E-state index is 0.150. The Labute approximate surface area is 154 Å². The summed E-state index contributed by atoms with van der Waals surface area (Å²) in [5, 5.41) is 13.4. The minimum Gasteiger partial charge on any atom is -0.322 e. The van der Waals surface area contributed by atoms with Gasteiger partial charge in [-0.1, -0.05) is 6.07 Å². The first-order chi connectivity index (χ1) is 12.6. The fourth-order valence-corrected chi connectivity index (χ4v) is 2.89. The number of hydrogen-bond acceptors (Lipinski definition) is 5. The van der Waals surface area contributed by atoms with E-state index in [9.17, 15) is 24.5 Å². The standard InChI is InChI=1S/C19H17N3O5/c1-19(2,3)21-17(24)14-8-7-11(9-15(14)18(21)25)16(23)20-12-5-4-6-13(10-12)22(26)27/h4-10H,1-3H3,(H,20,23). The molecular formula is C19H17N3O5.